The average molecular weight is 481 g/mol. The van der Waals surface area contributed by atoms with Gasteiger partial charge < -0.3 is 14.7 Å². The molecule has 2 aromatic carbocycles. The summed E-state index contributed by atoms with van der Waals surface area (Å²) >= 11 is 0. The van der Waals surface area contributed by atoms with Crippen LogP contribution in [0, 0.1) is 12.7 Å². The minimum atomic E-state index is -0.323. The fraction of sp³-hybridized carbons (Fsp3) is 0.296. The number of aliphatic hydroxyl groups is 1. The van der Waals surface area contributed by atoms with E-state index in [1.54, 1.807) is 48.6 Å². The van der Waals surface area contributed by atoms with Gasteiger partial charge in [-0.3, -0.25) is 14.9 Å². The van der Waals surface area contributed by atoms with E-state index in [1.165, 1.54) is 12.1 Å². The van der Waals surface area contributed by atoms with Crippen LogP contribution in [0.15, 0.2) is 54.9 Å². The Labute approximate surface area is 205 Å². The van der Waals surface area contributed by atoms with Crippen molar-refractivity contribution in [2.75, 3.05) is 20.8 Å². The van der Waals surface area contributed by atoms with Gasteiger partial charge in [0.2, 0.25) is 0 Å². The second kappa shape index (κ2) is 13.2. The van der Waals surface area contributed by atoms with Crippen molar-refractivity contribution >= 4 is 16.8 Å². The zero-order valence-electron chi connectivity index (χ0n) is 21.1. The van der Waals surface area contributed by atoms with E-state index in [-0.39, 0.29) is 11.7 Å². The van der Waals surface area contributed by atoms with Crippen molar-refractivity contribution in [3.8, 4) is 16.9 Å². The van der Waals surface area contributed by atoms with Gasteiger partial charge in [0, 0.05) is 54.7 Å². The van der Waals surface area contributed by atoms with E-state index in [9.17, 15) is 9.18 Å². The molecule has 0 spiro atoms. The van der Waals surface area contributed by atoms with Crippen molar-refractivity contribution in [1.29, 1.82) is 0 Å². The number of fused-ring (bicyclic) bond motifs is 1. The summed E-state index contributed by atoms with van der Waals surface area (Å²) in [6.07, 6.45) is 3.50. The third-order valence-corrected chi connectivity index (χ3v) is 5.18. The number of benzene rings is 2. The lowest BCUT2D eigenvalue weighted by Gasteiger charge is -2.19. The summed E-state index contributed by atoms with van der Waals surface area (Å²) in [5.74, 6) is 0.0666. The molecule has 4 rings (SSSR count). The third-order valence-electron chi connectivity index (χ3n) is 5.18. The summed E-state index contributed by atoms with van der Waals surface area (Å²) in [5.41, 5.74) is 4.58. The summed E-state index contributed by atoms with van der Waals surface area (Å²) in [5, 5.41) is 15.0. The first-order valence-corrected chi connectivity index (χ1v) is 11.5. The highest BCUT2D eigenvalue weighted by Gasteiger charge is 2.18. The predicted octanol–water partition coefficient (Wildman–Crippen LogP) is 5.38. The highest BCUT2D eigenvalue weighted by molar-refractivity contribution is 5.95. The van der Waals surface area contributed by atoms with E-state index in [0.29, 0.717) is 30.0 Å². The lowest BCUT2D eigenvalue weighted by atomic mass is 10.0. The van der Waals surface area contributed by atoms with Gasteiger partial charge in [-0.2, -0.15) is 5.10 Å². The monoisotopic (exact) mass is 480 g/mol. The number of pyridine rings is 1. The molecular weight excluding hydrogens is 447 g/mol. The molecule has 0 aliphatic heterocycles. The molecule has 1 amide bonds. The topological polar surface area (TPSA) is 91.3 Å². The van der Waals surface area contributed by atoms with Crippen LogP contribution in [0.1, 0.15) is 42.4 Å². The SMILES string of the molecule is CC.CCOc1cc(C(=O)N(C)Cc2cnc(C)c3cn[nH]c23)ccc1-c1cccc(F)c1.CO. The molecule has 4 aromatic rings. The molecule has 0 saturated carbocycles. The number of carbonyl (C=O) groups is 1. The van der Waals surface area contributed by atoms with Crippen molar-refractivity contribution in [2.24, 2.45) is 0 Å². The zero-order chi connectivity index (χ0) is 26.0. The maximum Gasteiger partial charge on any atom is 0.254 e. The minimum absolute atomic E-state index is 0.153. The fourth-order valence-electron chi connectivity index (χ4n) is 3.61. The van der Waals surface area contributed by atoms with E-state index in [1.807, 2.05) is 33.8 Å². The molecule has 7 nitrogen and oxygen atoms in total. The van der Waals surface area contributed by atoms with E-state index in [0.717, 1.165) is 34.8 Å². The van der Waals surface area contributed by atoms with Crippen molar-refractivity contribution in [3.05, 3.63) is 77.5 Å². The van der Waals surface area contributed by atoms with Gasteiger partial charge in [-0.1, -0.05) is 26.0 Å². The summed E-state index contributed by atoms with van der Waals surface area (Å²) in [6.45, 7) is 8.60. The number of halogens is 1. The lowest BCUT2D eigenvalue weighted by Crippen LogP contribution is -2.26. The van der Waals surface area contributed by atoms with Crippen LogP contribution in [0.3, 0.4) is 0 Å². The molecule has 2 N–H and O–H groups in total. The summed E-state index contributed by atoms with van der Waals surface area (Å²) < 4.78 is 19.5. The normalized spacial score (nSPS) is 10.1. The Morgan fingerprint density at radius 1 is 1.14 bits per heavy atom. The van der Waals surface area contributed by atoms with Gasteiger partial charge in [0.25, 0.3) is 5.91 Å². The quantitative estimate of drug-likeness (QED) is 0.387. The van der Waals surface area contributed by atoms with Crippen molar-refractivity contribution in [3.63, 3.8) is 0 Å². The molecule has 0 atom stereocenters. The molecule has 186 valence electrons. The molecule has 2 heterocycles. The molecule has 35 heavy (non-hydrogen) atoms. The summed E-state index contributed by atoms with van der Waals surface area (Å²) in [7, 11) is 2.74. The number of nitrogens with zero attached hydrogens (tertiary/aromatic N) is 3. The number of rotatable bonds is 6. The Hall–Kier alpha value is -3.78. The van der Waals surface area contributed by atoms with E-state index in [4.69, 9.17) is 9.84 Å². The largest absolute Gasteiger partial charge is 0.493 e. The van der Waals surface area contributed by atoms with Crippen LogP contribution in [-0.4, -0.2) is 51.9 Å². The summed E-state index contributed by atoms with van der Waals surface area (Å²) in [4.78, 5) is 19.1. The van der Waals surface area contributed by atoms with Crippen LogP contribution in [0.4, 0.5) is 4.39 Å². The smallest absolute Gasteiger partial charge is 0.254 e. The van der Waals surface area contributed by atoms with Crippen LogP contribution < -0.4 is 4.74 Å². The van der Waals surface area contributed by atoms with Crippen LogP contribution in [0.5, 0.6) is 5.75 Å². The molecule has 0 aliphatic rings. The number of hydrogen-bond donors (Lipinski definition) is 2. The number of hydrogen-bond acceptors (Lipinski definition) is 5. The van der Waals surface area contributed by atoms with E-state index < -0.39 is 0 Å². The number of aromatic nitrogens is 3. The third kappa shape index (κ3) is 6.42. The highest BCUT2D eigenvalue weighted by atomic mass is 19.1. The van der Waals surface area contributed by atoms with E-state index >= 15 is 0 Å². The van der Waals surface area contributed by atoms with Crippen LogP contribution in [0.2, 0.25) is 0 Å². The van der Waals surface area contributed by atoms with Crippen molar-refractivity contribution < 1.29 is 19.0 Å². The van der Waals surface area contributed by atoms with Crippen molar-refractivity contribution in [2.45, 2.75) is 34.2 Å². The van der Waals surface area contributed by atoms with Gasteiger partial charge in [-0.15, -0.1) is 0 Å². The first-order chi connectivity index (χ1) is 17.0. The Bertz CT molecular complexity index is 1260. The molecule has 8 heteroatoms. The second-order valence-corrected chi connectivity index (χ2v) is 7.34. The van der Waals surface area contributed by atoms with Gasteiger partial charge in [0.15, 0.2) is 0 Å². The van der Waals surface area contributed by atoms with Gasteiger partial charge in [0.05, 0.1) is 18.3 Å². The Morgan fingerprint density at radius 2 is 1.89 bits per heavy atom. The standard InChI is InChI=1S/C24H23FN4O2.C2H6.CH4O/c1-4-31-22-11-17(8-9-20(22)16-6-5-7-19(25)10-16)24(30)29(3)14-18-12-26-15(2)21-13-27-28-23(18)21;2*1-2/h5-13H,4,14H2,1-3H3,(H,27,28);1-2H3;2H,1H3. The van der Waals surface area contributed by atoms with Crippen LogP contribution in [0.25, 0.3) is 22.0 Å². The molecular formula is C27H33FN4O3. The number of aromatic amines is 1. The Kier molecular flexibility index (Phi) is 10.4. The molecule has 0 saturated heterocycles. The fourth-order valence-corrected chi connectivity index (χ4v) is 3.61. The predicted molar refractivity (Wildman–Crippen MR) is 137 cm³/mol. The Balaban J connectivity index is 0.00000103. The number of H-pyrrole nitrogens is 1. The molecule has 0 unspecified atom stereocenters. The number of aliphatic hydroxyl groups excluding tert-OH is 1. The summed E-state index contributed by atoms with van der Waals surface area (Å²) in [6, 6.07) is 11.6. The van der Waals surface area contributed by atoms with E-state index in [2.05, 4.69) is 15.2 Å². The number of ether oxygens (including phenoxy) is 1. The molecule has 0 fully saturated rings. The van der Waals surface area contributed by atoms with Gasteiger partial charge in [0.1, 0.15) is 11.6 Å². The number of aryl methyl sites for hydroxylation is 1. The maximum atomic E-state index is 13.7. The molecule has 2 aromatic heterocycles. The lowest BCUT2D eigenvalue weighted by molar-refractivity contribution is 0.0785. The van der Waals surface area contributed by atoms with Crippen LogP contribution in [-0.2, 0) is 6.54 Å². The zero-order valence-corrected chi connectivity index (χ0v) is 21.1. The van der Waals surface area contributed by atoms with Crippen LogP contribution >= 0.6 is 0 Å². The van der Waals surface area contributed by atoms with Gasteiger partial charge in [-0.25, -0.2) is 4.39 Å². The van der Waals surface area contributed by atoms with Gasteiger partial charge in [-0.05, 0) is 49.7 Å². The highest BCUT2D eigenvalue weighted by Crippen LogP contribution is 2.32. The number of nitrogens with one attached hydrogen (secondary N) is 1. The maximum absolute atomic E-state index is 13.7. The molecule has 0 bridgehead atoms. The molecule has 0 radical (unpaired) electrons. The molecule has 0 aliphatic carbocycles. The number of amides is 1. The first-order valence-electron chi connectivity index (χ1n) is 11.5. The Morgan fingerprint density at radius 3 is 2.57 bits per heavy atom. The van der Waals surface area contributed by atoms with Crippen molar-refractivity contribution in [1.82, 2.24) is 20.1 Å². The number of carbonyl (C=O) groups excluding carboxylic acids is 1. The average Bonchev–Trinajstić information content (AvgIpc) is 3.39. The second-order valence-electron chi connectivity index (χ2n) is 7.34. The van der Waals surface area contributed by atoms with Gasteiger partial charge >= 0.3 is 0 Å². The first kappa shape index (κ1) is 27.5. The minimum Gasteiger partial charge on any atom is -0.493 e.